The van der Waals surface area contributed by atoms with E-state index in [1.54, 1.807) is 11.3 Å². The number of thiazole rings is 1. The average Bonchev–Trinajstić information content (AvgIpc) is 4.41. The molecule has 3 aromatic heterocycles. The lowest BCUT2D eigenvalue weighted by Crippen LogP contribution is -2.58. The molecule has 19 heteroatoms. The Morgan fingerprint density at radius 2 is 1.61 bits per heavy atom. The van der Waals surface area contributed by atoms with Gasteiger partial charge in [0.25, 0.3) is 0 Å². The first kappa shape index (κ1) is 58.4. The molecule has 8 rings (SSSR count). The number of β-amino-alcohol motifs (C(OH)–C–C–N with tert-alkyl or cyclic N) is 1. The first-order chi connectivity index (χ1) is 38.3. The SMILES string of the molecule is C=CCNc1cc(-c2nn(C3CCN(CCCCCCOCCCCCOCC(=O)N[C@H](C(=O)N4C[C@H](O)C[C@H]4C(=O)NCc4ccc(-c5scnc5C)cc4)C(C)(C)C)CC3)c3ncnc(N)c23)ccc1Oc1ccccc1. The van der Waals surface area contributed by atoms with Crippen LogP contribution < -0.4 is 26.4 Å². The molecule has 2 aliphatic rings. The monoisotopic (exact) mass is 1100 g/mol. The van der Waals surface area contributed by atoms with Crippen molar-refractivity contribution in [2.45, 2.75) is 123 Å². The number of carbonyl (C=O) groups is 3. The van der Waals surface area contributed by atoms with Crippen molar-refractivity contribution in [1.82, 2.24) is 45.2 Å². The summed E-state index contributed by atoms with van der Waals surface area (Å²) in [5.74, 6) is 0.688. The first-order valence-electron chi connectivity index (χ1n) is 27.9. The minimum Gasteiger partial charge on any atom is -0.455 e. The number of hydrogen-bond donors (Lipinski definition) is 5. The van der Waals surface area contributed by atoms with E-state index in [-0.39, 0.29) is 38.1 Å². The minimum absolute atomic E-state index is 0.00872. The fourth-order valence-electron chi connectivity index (χ4n) is 10.3. The molecule has 5 heterocycles. The molecular weight excluding hydrogens is 1020 g/mol. The lowest BCUT2D eigenvalue weighted by atomic mass is 9.85. The number of nitrogens with one attached hydrogen (secondary N) is 3. The van der Waals surface area contributed by atoms with Crippen molar-refractivity contribution >= 4 is 51.6 Å². The van der Waals surface area contributed by atoms with Gasteiger partial charge < -0.3 is 50.8 Å². The standard InChI is InChI=1S/C60H79N11O7S/c1-6-27-62-48-34-44(23-24-50(48)78-47-17-11-9-12-18-47)53-52-56(61)64-39-65-57(52)71(68-53)45-25-29-69(30-26-45)28-13-7-8-14-31-76-32-15-10-16-33-77-38-51(73)67-55(60(3,4)5)59(75)70-37-46(72)35-49(70)58(74)63-36-42-19-21-43(22-20-42)54-41(2)66-40-79-54/h6,9,11-12,17-24,34,39-40,45-46,49,55,62,72H,1,7-8,10,13-16,25-33,35-38H2,2-5H3,(H,63,74)(H,67,73)(H2,61,64,65)/t46-,49+,55-/m1/s1. The van der Waals surface area contributed by atoms with Crippen LogP contribution in [0, 0.1) is 12.3 Å². The van der Waals surface area contributed by atoms with Crippen molar-refractivity contribution in [1.29, 1.82) is 0 Å². The number of aryl methyl sites for hydroxylation is 1. The molecule has 0 radical (unpaired) electrons. The molecule has 6 N–H and O–H groups in total. The van der Waals surface area contributed by atoms with E-state index in [1.807, 2.05) is 112 Å². The van der Waals surface area contributed by atoms with Crippen LogP contribution in [0.25, 0.3) is 32.7 Å². The minimum atomic E-state index is -0.922. The van der Waals surface area contributed by atoms with Crippen LogP contribution in [-0.2, 0) is 30.4 Å². The molecule has 79 heavy (non-hydrogen) atoms. The predicted molar refractivity (Wildman–Crippen MR) is 311 cm³/mol. The van der Waals surface area contributed by atoms with Crippen LogP contribution in [0.15, 0.2) is 97.3 Å². The summed E-state index contributed by atoms with van der Waals surface area (Å²) in [6, 6.07) is 22.0. The van der Waals surface area contributed by atoms with E-state index in [1.165, 1.54) is 11.2 Å². The fourth-order valence-corrected chi connectivity index (χ4v) is 11.1. The topological polar surface area (TPSA) is 224 Å². The van der Waals surface area contributed by atoms with Crippen molar-refractivity contribution in [2.75, 3.05) is 70.2 Å². The first-order valence-corrected chi connectivity index (χ1v) is 28.8. The number of nitrogen functional groups attached to an aromatic ring is 1. The Balaban J connectivity index is 0.675. The van der Waals surface area contributed by atoms with Gasteiger partial charge in [0.1, 0.15) is 42.3 Å². The van der Waals surface area contributed by atoms with Gasteiger partial charge in [-0.3, -0.25) is 14.4 Å². The Kier molecular flexibility index (Phi) is 21.0. The van der Waals surface area contributed by atoms with Gasteiger partial charge in [0.05, 0.1) is 39.3 Å². The van der Waals surface area contributed by atoms with Crippen LogP contribution in [0.4, 0.5) is 11.5 Å². The molecule has 2 fully saturated rings. The normalized spacial score (nSPS) is 16.5. The van der Waals surface area contributed by atoms with Crippen LogP contribution in [0.1, 0.15) is 102 Å². The van der Waals surface area contributed by atoms with Crippen LogP contribution in [-0.4, -0.2) is 135 Å². The van der Waals surface area contributed by atoms with Gasteiger partial charge in [-0.2, -0.15) is 5.10 Å². The summed E-state index contributed by atoms with van der Waals surface area (Å²) in [5, 5.41) is 25.8. The summed E-state index contributed by atoms with van der Waals surface area (Å²) in [5.41, 5.74) is 13.8. The predicted octanol–water partition coefficient (Wildman–Crippen LogP) is 9.11. The molecule has 6 aromatic rings. The van der Waals surface area contributed by atoms with Crippen LogP contribution in [0.3, 0.4) is 0 Å². The highest BCUT2D eigenvalue weighted by atomic mass is 32.1. The Bertz CT molecular complexity index is 2940. The number of anilines is 2. The van der Waals surface area contributed by atoms with E-state index < -0.39 is 35.4 Å². The number of unbranched alkanes of at least 4 members (excludes halogenated alkanes) is 5. The number of nitrogens with two attached hydrogens (primary N) is 1. The molecule has 0 spiro atoms. The zero-order valence-corrected chi connectivity index (χ0v) is 47.1. The van der Waals surface area contributed by atoms with Gasteiger partial charge >= 0.3 is 0 Å². The summed E-state index contributed by atoms with van der Waals surface area (Å²) in [4.78, 5) is 59.0. The van der Waals surface area contributed by atoms with Gasteiger partial charge in [-0.15, -0.1) is 17.9 Å². The summed E-state index contributed by atoms with van der Waals surface area (Å²) in [6.07, 6.45) is 11.6. The quantitative estimate of drug-likeness (QED) is 0.0228. The van der Waals surface area contributed by atoms with E-state index in [0.29, 0.717) is 31.3 Å². The number of benzene rings is 3. The van der Waals surface area contributed by atoms with Crippen molar-refractivity contribution in [3.8, 4) is 33.2 Å². The molecule has 2 aliphatic heterocycles. The van der Waals surface area contributed by atoms with Crippen LogP contribution in [0.2, 0.25) is 0 Å². The zero-order chi connectivity index (χ0) is 55.7. The lowest BCUT2D eigenvalue weighted by Gasteiger charge is -2.35. The third-order valence-electron chi connectivity index (χ3n) is 14.6. The maximum Gasteiger partial charge on any atom is 0.246 e. The molecule has 0 unspecified atom stereocenters. The number of hydrogen-bond acceptors (Lipinski definition) is 15. The third kappa shape index (κ3) is 16.0. The molecule has 0 aliphatic carbocycles. The number of fused-ring (bicyclic) bond motifs is 1. The number of carbonyl (C=O) groups excluding carboxylic acids is 3. The highest BCUT2D eigenvalue weighted by molar-refractivity contribution is 7.13. The van der Waals surface area contributed by atoms with Crippen molar-refractivity contribution in [3.05, 3.63) is 109 Å². The number of piperidine rings is 1. The number of rotatable bonds is 28. The van der Waals surface area contributed by atoms with Gasteiger partial charge in [0.15, 0.2) is 11.4 Å². The van der Waals surface area contributed by atoms with Gasteiger partial charge in [-0.1, -0.05) is 82.2 Å². The third-order valence-corrected chi connectivity index (χ3v) is 15.6. The van der Waals surface area contributed by atoms with Gasteiger partial charge in [0.2, 0.25) is 17.7 Å². The van der Waals surface area contributed by atoms with E-state index in [4.69, 9.17) is 25.0 Å². The second kappa shape index (κ2) is 28.4. The van der Waals surface area contributed by atoms with Gasteiger partial charge in [0, 0.05) is 64.5 Å². The molecule has 422 valence electrons. The van der Waals surface area contributed by atoms with E-state index in [2.05, 4.69) is 47.1 Å². The summed E-state index contributed by atoms with van der Waals surface area (Å²) in [6.45, 7) is 17.0. The van der Waals surface area contributed by atoms with Gasteiger partial charge in [-0.05, 0) is 105 Å². The van der Waals surface area contributed by atoms with Gasteiger partial charge in [-0.25, -0.2) is 19.6 Å². The number of para-hydroxylation sites is 1. The molecule has 2 saturated heterocycles. The van der Waals surface area contributed by atoms with Crippen LogP contribution in [0.5, 0.6) is 11.5 Å². The molecule has 0 saturated carbocycles. The molecule has 3 aromatic carbocycles. The highest BCUT2D eigenvalue weighted by Gasteiger charge is 2.44. The van der Waals surface area contributed by atoms with Crippen molar-refractivity contribution in [2.24, 2.45) is 5.41 Å². The average molecular weight is 1100 g/mol. The summed E-state index contributed by atoms with van der Waals surface area (Å²) >= 11 is 1.58. The molecular formula is C60H79N11O7S. The fraction of sp³-hybridized carbons (Fsp3) is 0.483. The number of ether oxygens (including phenoxy) is 3. The number of nitrogens with zero attached hydrogens (tertiary/aromatic N) is 7. The van der Waals surface area contributed by atoms with E-state index in [0.717, 1.165) is 139 Å². The Labute approximate surface area is 468 Å². The number of likely N-dealkylation sites (tertiary alicyclic amines) is 2. The number of aliphatic hydroxyl groups is 1. The summed E-state index contributed by atoms with van der Waals surface area (Å²) < 4.78 is 19.9. The molecule has 0 bridgehead atoms. The zero-order valence-electron chi connectivity index (χ0n) is 46.3. The Hall–Kier alpha value is -6.77. The van der Waals surface area contributed by atoms with Crippen LogP contribution >= 0.6 is 11.3 Å². The maximum absolute atomic E-state index is 14.0. The molecule has 3 amide bonds. The number of amides is 3. The van der Waals surface area contributed by atoms with E-state index >= 15 is 0 Å². The van der Waals surface area contributed by atoms with Crippen molar-refractivity contribution < 1.29 is 33.7 Å². The van der Waals surface area contributed by atoms with E-state index in [9.17, 15) is 19.5 Å². The van der Waals surface area contributed by atoms with Crippen molar-refractivity contribution in [3.63, 3.8) is 0 Å². The summed E-state index contributed by atoms with van der Waals surface area (Å²) in [7, 11) is 0. The second-order valence-electron chi connectivity index (χ2n) is 21.7. The number of aliphatic hydroxyl groups excluding tert-OH is 1. The lowest BCUT2D eigenvalue weighted by molar-refractivity contribution is -0.144. The maximum atomic E-state index is 14.0. The molecule has 3 atom stereocenters. The highest BCUT2D eigenvalue weighted by Crippen LogP contribution is 2.39. The Morgan fingerprint density at radius 3 is 2.32 bits per heavy atom. The smallest absolute Gasteiger partial charge is 0.246 e. The largest absolute Gasteiger partial charge is 0.455 e. The number of aromatic nitrogens is 5. The molecule has 18 nitrogen and oxygen atoms in total. The Morgan fingerprint density at radius 1 is 0.899 bits per heavy atom. The second-order valence-corrected chi connectivity index (χ2v) is 22.6.